The van der Waals surface area contributed by atoms with Crippen molar-refractivity contribution in [3.63, 3.8) is 0 Å². The zero-order chi connectivity index (χ0) is 14.2. The number of rotatable bonds is 8. The van der Waals surface area contributed by atoms with Gasteiger partial charge in [-0.3, -0.25) is 0 Å². The van der Waals surface area contributed by atoms with Crippen molar-refractivity contribution in [1.29, 1.82) is 0 Å². The Morgan fingerprint density at radius 3 is 2.75 bits per heavy atom. The first-order chi connectivity index (χ1) is 9.83. The molecule has 0 saturated carbocycles. The van der Waals surface area contributed by atoms with E-state index < -0.39 is 0 Å². The van der Waals surface area contributed by atoms with E-state index in [2.05, 4.69) is 17.2 Å². The summed E-state index contributed by atoms with van der Waals surface area (Å²) in [7, 11) is 1.92. The van der Waals surface area contributed by atoms with Crippen molar-refractivity contribution >= 4 is 0 Å². The highest BCUT2D eigenvalue weighted by Crippen LogP contribution is 2.23. The van der Waals surface area contributed by atoms with E-state index >= 15 is 0 Å². The minimum atomic E-state index is 0.762. The molecule has 0 radical (unpaired) electrons. The van der Waals surface area contributed by atoms with Crippen LogP contribution in [0.1, 0.15) is 25.7 Å². The molecule has 2 aromatic rings. The Morgan fingerprint density at radius 1 is 1.25 bits per heavy atom. The quantitative estimate of drug-likeness (QED) is 0.750. The molecular formula is C16H22N2O2. The second-order valence-corrected chi connectivity index (χ2v) is 4.70. The van der Waals surface area contributed by atoms with Gasteiger partial charge in [0.05, 0.1) is 12.8 Å². The smallest absolute Gasteiger partial charge is 0.196 e. The Balaban J connectivity index is 1.96. The van der Waals surface area contributed by atoms with Crippen molar-refractivity contribution in [2.45, 2.75) is 26.2 Å². The molecule has 0 aliphatic carbocycles. The molecule has 1 aromatic carbocycles. The molecular weight excluding hydrogens is 252 g/mol. The van der Waals surface area contributed by atoms with E-state index in [-0.39, 0.29) is 0 Å². The fourth-order valence-corrected chi connectivity index (χ4v) is 1.84. The lowest BCUT2D eigenvalue weighted by molar-refractivity contribution is 0.309. The number of benzene rings is 1. The predicted octanol–water partition coefficient (Wildman–Crippen LogP) is 3.28. The van der Waals surface area contributed by atoms with Gasteiger partial charge >= 0.3 is 0 Å². The summed E-state index contributed by atoms with van der Waals surface area (Å²) in [6.45, 7) is 3.79. The molecule has 0 fully saturated rings. The van der Waals surface area contributed by atoms with Gasteiger partial charge in [-0.05, 0) is 37.7 Å². The third-order valence-corrected chi connectivity index (χ3v) is 3.05. The van der Waals surface area contributed by atoms with Crippen LogP contribution >= 0.6 is 0 Å². The van der Waals surface area contributed by atoms with Gasteiger partial charge in [0.1, 0.15) is 5.75 Å². The summed E-state index contributed by atoms with van der Waals surface area (Å²) in [4.78, 5) is 4.28. The summed E-state index contributed by atoms with van der Waals surface area (Å²) in [5.74, 6) is 2.46. The maximum Gasteiger partial charge on any atom is 0.196 e. The van der Waals surface area contributed by atoms with Gasteiger partial charge in [-0.1, -0.05) is 13.3 Å². The molecule has 0 saturated heterocycles. The van der Waals surface area contributed by atoms with E-state index in [9.17, 15) is 0 Å². The molecule has 0 aliphatic heterocycles. The Labute approximate surface area is 120 Å². The van der Waals surface area contributed by atoms with Crippen LogP contribution in [-0.4, -0.2) is 25.2 Å². The minimum absolute atomic E-state index is 0.762. The van der Waals surface area contributed by atoms with Crippen LogP contribution in [0.3, 0.4) is 0 Å². The first-order valence-corrected chi connectivity index (χ1v) is 7.16. The van der Waals surface area contributed by atoms with Gasteiger partial charge in [0.15, 0.2) is 11.7 Å². The number of hydrogen-bond acceptors (Lipinski definition) is 4. The molecule has 0 unspecified atom stereocenters. The van der Waals surface area contributed by atoms with E-state index in [1.165, 1.54) is 0 Å². The van der Waals surface area contributed by atoms with Gasteiger partial charge in [0, 0.05) is 18.5 Å². The highest BCUT2D eigenvalue weighted by atomic mass is 16.5. The van der Waals surface area contributed by atoms with Crippen molar-refractivity contribution < 1.29 is 9.15 Å². The zero-order valence-corrected chi connectivity index (χ0v) is 12.2. The predicted molar refractivity (Wildman–Crippen MR) is 80.0 cm³/mol. The number of aromatic nitrogens is 1. The summed E-state index contributed by atoms with van der Waals surface area (Å²) in [5.41, 5.74) is 1.02. The highest BCUT2D eigenvalue weighted by Gasteiger charge is 2.06. The van der Waals surface area contributed by atoms with Crippen molar-refractivity contribution in [2.75, 3.05) is 20.2 Å². The van der Waals surface area contributed by atoms with Crippen LogP contribution in [-0.2, 0) is 6.42 Å². The number of nitrogens with zero attached hydrogens (tertiary/aromatic N) is 1. The molecule has 108 valence electrons. The monoisotopic (exact) mass is 274 g/mol. The number of ether oxygens (including phenoxy) is 1. The van der Waals surface area contributed by atoms with Crippen LogP contribution in [0.4, 0.5) is 0 Å². The Morgan fingerprint density at radius 2 is 2.05 bits per heavy atom. The van der Waals surface area contributed by atoms with Crippen LogP contribution in [0, 0.1) is 0 Å². The van der Waals surface area contributed by atoms with Crippen molar-refractivity contribution in [3.8, 4) is 17.1 Å². The van der Waals surface area contributed by atoms with Crippen LogP contribution in [0.25, 0.3) is 11.3 Å². The van der Waals surface area contributed by atoms with E-state index in [4.69, 9.17) is 9.15 Å². The third-order valence-electron chi connectivity index (χ3n) is 3.05. The number of unbranched alkanes of at least 4 members (excludes halogenated alkanes) is 1. The zero-order valence-electron chi connectivity index (χ0n) is 12.2. The summed E-state index contributed by atoms with van der Waals surface area (Å²) in [5, 5.41) is 3.08. The Bertz CT molecular complexity index is 505. The molecule has 1 N–H and O–H groups in total. The van der Waals surface area contributed by atoms with Crippen LogP contribution in [0.5, 0.6) is 5.75 Å². The fourth-order valence-electron chi connectivity index (χ4n) is 1.84. The van der Waals surface area contributed by atoms with Gasteiger partial charge in [0.25, 0.3) is 0 Å². The summed E-state index contributed by atoms with van der Waals surface area (Å²) < 4.78 is 11.4. The largest absolute Gasteiger partial charge is 0.494 e. The molecule has 1 aromatic heterocycles. The van der Waals surface area contributed by atoms with E-state index in [0.29, 0.717) is 0 Å². The molecule has 0 aliphatic rings. The molecule has 0 spiro atoms. The SMILES string of the molecule is CCCCOc1ccc(-c2cnc(CCNC)o2)cc1. The number of oxazole rings is 1. The molecule has 1 heterocycles. The first-order valence-electron chi connectivity index (χ1n) is 7.16. The first kappa shape index (κ1) is 14.6. The number of hydrogen-bond donors (Lipinski definition) is 1. The molecule has 0 bridgehead atoms. The Kier molecular flexibility index (Phi) is 5.62. The summed E-state index contributed by atoms with van der Waals surface area (Å²) >= 11 is 0. The molecule has 20 heavy (non-hydrogen) atoms. The average Bonchev–Trinajstić information content (AvgIpc) is 2.95. The van der Waals surface area contributed by atoms with Crippen LogP contribution < -0.4 is 10.1 Å². The van der Waals surface area contributed by atoms with Gasteiger partial charge in [0.2, 0.25) is 0 Å². The van der Waals surface area contributed by atoms with E-state index in [0.717, 1.165) is 55.4 Å². The molecule has 4 nitrogen and oxygen atoms in total. The van der Waals surface area contributed by atoms with Gasteiger partial charge in [-0.2, -0.15) is 0 Å². The normalized spacial score (nSPS) is 10.7. The lowest BCUT2D eigenvalue weighted by Crippen LogP contribution is -2.10. The van der Waals surface area contributed by atoms with Gasteiger partial charge in [-0.25, -0.2) is 4.98 Å². The van der Waals surface area contributed by atoms with Crippen LogP contribution in [0.2, 0.25) is 0 Å². The topological polar surface area (TPSA) is 47.3 Å². The molecule has 2 rings (SSSR count). The molecule has 4 heteroatoms. The van der Waals surface area contributed by atoms with Gasteiger partial charge < -0.3 is 14.5 Å². The van der Waals surface area contributed by atoms with E-state index in [1.54, 1.807) is 6.20 Å². The van der Waals surface area contributed by atoms with Crippen molar-refractivity contribution in [1.82, 2.24) is 10.3 Å². The van der Waals surface area contributed by atoms with Gasteiger partial charge in [-0.15, -0.1) is 0 Å². The number of likely N-dealkylation sites (N-methyl/N-ethyl adjacent to an activating group) is 1. The fraction of sp³-hybridized carbons (Fsp3) is 0.438. The molecule has 0 atom stereocenters. The third kappa shape index (κ3) is 4.10. The maximum atomic E-state index is 5.72. The number of nitrogens with one attached hydrogen (secondary N) is 1. The standard InChI is InChI=1S/C16H22N2O2/c1-3-4-11-19-14-7-5-13(6-8-14)15-12-18-16(20-15)9-10-17-2/h5-8,12,17H,3-4,9-11H2,1-2H3. The lowest BCUT2D eigenvalue weighted by Gasteiger charge is -2.05. The van der Waals surface area contributed by atoms with Crippen molar-refractivity contribution in [2.24, 2.45) is 0 Å². The lowest BCUT2D eigenvalue weighted by atomic mass is 10.2. The minimum Gasteiger partial charge on any atom is -0.494 e. The summed E-state index contributed by atoms with van der Waals surface area (Å²) in [6, 6.07) is 7.95. The second-order valence-electron chi connectivity index (χ2n) is 4.70. The molecule has 0 amide bonds. The Hall–Kier alpha value is -1.81. The summed E-state index contributed by atoms with van der Waals surface area (Å²) in [6.07, 6.45) is 4.80. The second kappa shape index (κ2) is 7.70. The maximum absolute atomic E-state index is 5.72. The van der Waals surface area contributed by atoms with Crippen LogP contribution in [0.15, 0.2) is 34.9 Å². The van der Waals surface area contributed by atoms with Crippen molar-refractivity contribution in [3.05, 3.63) is 36.4 Å². The average molecular weight is 274 g/mol. The van der Waals surface area contributed by atoms with E-state index in [1.807, 2.05) is 31.3 Å². The highest BCUT2D eigenvalue weighted by molar-refractivity contribution is 5.57.